The summed E-state index contributed by atoms with van der Waals surface area (Å²) in [5.74, 6) is 0.997. The van der Waals surface area contributed by atoms with Crippen LogP contribution in [0, 0.1) is 12.8 Å². The smallest absolute Gasteiger partial charge is 0.227 e. The molecule has 2 aromatic rings. The number of hydrogen-bond acceptors (Lipinski definition) is 3. The Kier molecular flexibility index (Phi) is 4.57. The minimum Gasteiger partial charge on any atom is -0.342 e. The summed E-state index contributed by atoms with van der Waals surface area (Å²) >= 11 is 1.65. The number of hydrogen-bond donors (Lipinski definition) is 0. The van der Waals surface area contributed by atoms with E-state index in [1.54, 1.807) is 11.3 Å². The highest BCUT2D eigenvalue weighted by molar-refractivity contribution is 7.15. The molecule has 1 saturated heterocycles. The summed E-state index contributed by atoms with van der Waals surface area (Å²) < 4.78 is 0. The molecule has 1 aromatic carbocycles. The Morgan fingerprint density at radius 2 is 1.95 bits per heavy atom. The molecule has 3 nitrogen and oxygen atoms in total. The van der Waals surface area contributed by atoms with Crippen molar-refractivity contribution in [3.63, 3.8) is 0 Å². The average molecular weight is 314 g/mol. The van der Waals surface area contributed by atoms with Gasteiger partial charge in [0.25, 0.3) is 0 Å². The zero-order valence-corrected chi connectivity index (χ0v) is 14.0. The molecule has 0 unspecified atom stereocenters. The van der Waals surface area contributed by atoms with Crippen molar-refractivity contribution in [3.8, 4) is 10.6 Å². The summed E-state index contributed by atoms with van der Waals surface area (Å²) in [5, 5.41) is 1.01. The van der Waals surface area contributed by atoms with Gasteiger partial charge >= 0.3 is 0 Å². The van der Waals surface area contributed by atoms with Gasteiger partial charge in [-0.2, -0.15) is 0 Å². The third-order valence-corrected chi connectivity index (χ3v) is 5.57. The van der Waals surface area contributed by atoms with Crippen LogP contribution in [0.1, 0.15) is 30.3 Å². The lowest BCUT2D eigenvalue weighted by molar-refractivity contribution is -0.131. The Hall–Kier alpha value is -1.68. The zero-order chi connectivity index (χ0) is 15.5. The van der Waals surface area contributed by atoms with E-state index >= 15 is 0 Å². The van der Waals surface area contributed by atoms with Gasteiger partial charge in [0.2, 0.25) is 5.91 Å². The average Bonchev–Trinajstić information content (AvgIpc) is 2.90. The molecule has 0 bridgehead atoms. The van der Waals surface area contributed by atoms with Crippen LogP contribution in [0.25, 0.3) is 10.6 Å². The normalized spacial score (nSPS) is 16.0. The van der Waals surface area contributed by atoms with Crippen molar-refractivity contribution in [2.45, 2.75) is 33.1 Å². The first-order valence-electron chi connectivity index (χ1n) is 7.93. The van der Waals surface area contributed by atoms with Crippen LogP contribution in [0.3, 0.4) is 0 Å². The fraction of sp³-hybridized carbons (Fsp3) is 0.444. The molecule has 1 aromatic heterocycles. The number of likely N-dealkylation sites (tertiary alicyclic amines) is 1. The molecule has 4 heteroatoms. The summed E-state index contributed by atoms with van der Waals surface area (Å²) in [4.78, 5) is 20.2. The van der Waals surface area contributed by atoms with Gasteiger partial charge in [0.15, 0.2) is 0 Å². The van der Waals surface area contributed by atoms with E-state index in [-0.39, 0.29) is 5.91 Å². The quantitative estimate of drug-likeness (QED) is 0.860. The maximum absolute atomic E-state index is 12.5. The number of aromatic nitrogens is 1. The highest BCUT2D eigenvalue weighted by Gasteiger charge is 2.22. The van der Waals surface area contributed by atoms with Crippen LogP contribution in [0.5, 0.6) is 0 Å². The fourth-order valence-electron chi connectivity index (χ4n) is 2.80. The maximum Gasteiger partial charge on any atom is 0.227 e. The van der Waals surface area contributed by atoms with Crippen LogP contribution in [-0.2, 0) is 11.2 Å². The summed E-state index contributed by atoms with van der Waals surface area (Å²) in [6.07, 6.45) is 2.75. The number of nitrogens with zero attached hydrogens (tertiary/aromatic N) is 2. The Morgan fingerprint density at radius 3 is 2.64 bits per heavy atom. The first-order chi connectivity index (χ1) is 10.6. The molecule has 116 valence electrons. The summed E-state index contributed by atoms with van der Waals surface area (Å²) in [5.41, 5.74) is 2.11. The minimum absolute atomic E-state index is 0.248. The second-order valence-electron chi connectivity index (χ2n) is 6.13. The standard InChI is InChI=1S/C18H22N2OS/c1-13-8-10-20(11-9-13)17(21)12-16-14(2)19-18(22-16)15-6-4-3-5-7-15/h3-7,13H,8-12H2,1-2H3. The van der Waals surface area contributed by atoms with Gasteiger partial charge < -0.3 is 4.90 Å². The van der Waals surface area contributed by atoms with E-state index in [1.807, 2.05) is 30.0 Å². The van der Waals surface area contributed by atoms with Gasteiger partial charge in [0.05, 0.1) is 12.1 Å². The van der Waals surface area contributed by atoms with Crippen molar-refractivity contribution < 1.29 is 4.79 Å². The van der Waals surface area contributed by atoms with Crippen LogP contribution in [-0.4, -0.2) is 28.9 Å². The van der Waals surface area contributed by atoms with Gasteiger partial charge in [-0.15, -0.1) is 11.3 Å². The molecular weight excluding hydrogens is 292 g/mol. The molecule has 1 fully saturated rings. The van der Waals surface area contributed by atoms with Crippen molar-refractivity contribution in [1.29, 1.82) is 0 Å². The molecule has 0 atom stereocenters. The highest BCUT2D eigenvalue weighted by atomic mass is 32.1. The van der Waals surface area contributed by atoms with Crippen LogP contribution < -0.4 is 0 Å². The van der Waals surface area contributed by atoms with E-state index in [2.05, 4.69) is 24.0 Å². The first-order valence-corrected chi connectivity index (χ1v) is 8.74. The monoisotopic (exact) mass is 314 g/mol. The Morgan fingerprint density at radius 1 is 1.27 bits per heavy atom. The van der Waals surface area contributed by atoms with Gasteiger partial charge in [-0.1, -0.05) is 37.3 Å². The van der Waals surface area contributed by atoms with Crippen LogP contribution in [0.2, 0.25) is 0 Å². The van der Waals surface area contributed by atoms with Gasteiger partial charge in [0.1, 0.15) is 5.01 Å². The molecule has 1 amide bonds. The zero-order valence-electron chi connectivity index (χ0n) is 13.2. The van der Waals surface area contributed by atoms with E-state index in [4.69, 9.17) is 0 Å². The van der Waals surface area contributed by atoms with E-state index in [9.17, 15) is 4.79 Å². The SMILES string of the molecule is Cc1nc(-c2ccccc2)sc1CC(=O)N1CCC(C)CC1. The number of piperidine rings is 1. The number of carbonyl (C=O) groups excluding carboxylic acids is 1. The number of aryl methyl sites for hydroxylation is 1. The van der Waals surface area contributed by atoms with Crippen LogP contribution in [0.4, 0.5) is 0 Å². The van der Waals surface area contributed by atoms with Crippen molar-refractivity contribution in [3.05, 3.63) is 40.9 Å². The number of amides is 1. The summed E-state index contributed by atoms with van der Waals surface area (Å²) in [7, 11) is 0. The van der Waals surface area contributed by atoms with Gasteiger partial charge in [0, 0.05) is 23.5 Å². The second kappa shape index (κ2) is 6.61. The number of benzene rings is 1. The van der Waals surface area contributed by atoms with Crippen LogP contribution >= 0.6 is 11.3 Å². The van der Waals surface area contributed by atoms with Gasteiger partial charge in [-0.3, -0.25) is 4.79 Å². The number of thiazole rings is 1. The minimum atomic E-state index is 0.248. The van der Waals surface area contributed by atoms with E-state index in [0.717, 1.165) is 53.0 Å². The molecule has 1 aliphatic rings. The molecule has 2 heterocycles. The third kappa shape index (κ3) is 3.38. The van der Waals surface area contributed by atoms with E-state index in [0.29, 0.717) is 6.42 Å². The molecular formula is C18H22N2OS. The van der Waals surface area contributed by atoms with Crippen molar-refractivity contribution in [2.24, 2.45) is 5.92 Å². The molecule has 0 saturated carbocycles. The third-order valence-electron chi connectivity index (χ3n) is 4.36. The fourth-order valence-corrected chi connectivity index (χ4v) is 3.86. The summed E-state index contributed by atoms with van der Waals surface area (Å²) in [6.45, 7) is 6.08. The second-order valence-corrected chi connectivity index (χ2v) is 7.22. The lowest BCUT2D eigenvalue weighted by Gasteiger charge is -2.30. The van der Waals surface area contributed by atoms with Crippen LogP contribution in [0.15, 0.2) is 30.3 Å². The largest absolute Gasteiger partial charge is 0.342 e. The predicted molar refractivity (Wildman–Crippen MR) is 91.0 cm³/mol. The molecule has 3 rings (SSSR count). The topological polar surface area (TPSA) is 33.2 Å². The Balaban J connectivity index is 1.70. The molecule has 22 heavy (non-hydrogen) atoms. The maximum atomic E-state index is 12.5. The predicted octanol–water partition coefficient (Wildman–Crippen LogP) is 3.92. The van der Waals surface area contributed by atoms with Gasteiger partial charge in [-0.25, -0.2) is 4.98 Å². The van der Waals surface area contributed by atoms with Crippen molar-refractivity contribution >= 4 is 17.2 Å². The lowest BCUT2D eigenvalue weighted by Crippen LogP contribution is -2.38. The molecule has 0 aliphatic carbocycles. The van der Waals surface area contributed by atoms with Crippen molar-refractivity contribution in [2.75, 3.05) is 13.1 Å². The highest BCUT2D eigenvalue weighted by Crippen LogP contribution is 2.28. The van der Waals surface area contributed by atoms with E-state index in [1.165, 1.54) is 0 Å². The molecule has 0 spiro atoms. The molecule has 0 N–H and O–H groups in total. The lowest BCUT2D eigenvalue weighted by atomic mass is 9.99. The Labute approximate surface area is 136 Å². The van der Waals surface area contributed by atoms with Gasteiger partial charge in [-0.05, 0) is 25.7 Å². The number of rotatable bonds is 3. The summed E-state index contributed by atoms with van der Waals surface area (Å²) in [6, 6.07) is 10.2. The first kappa shape index (κ1) is 15.2. The molecule has 1 aliphatic heterocycles. The number of carbonyl (C=O) groups is 1. The van der Waals surface area contributed by atoms with E-state index < -0.39 is 0 Å². The Bertz CT molecular complexity index is 642. The molecule has 0 radical (unpaired) electrons. The van der Waals surface area contributed by atoms with Crippen molar-refractivity contribution in [1.82, 2.24) is 9.88 Å².